The lowest BCUT2D eigenvalue weighted by atomic mass is 9.74. The third-order valence-electron chi connectivity index (χ3n) is 4.17. The molecule has 0 saturated heterocycles. The Morgan fingerprint density at radius 1 is 1.55 bits per heavy atom. The molecular weight excluding hydrogens is 323 g/mol. The van der Waals surface area contributed by atoms with E-state index in [1.807, 2.05) is 6.92 Å². The summed E-state index contributed by atoms with van der Waals surface area (Å²) in [6.07, 6.45) is 2.77. The molecule has 1 aliphatic rings. The van der Waals surface area contributed by atoms with Gasteiger partial charge in [0.1, 0.15) is 11.9 Å². The van der Waals surface area contributed by atoms with Crippen LogP contribution in [-0.4, -0.2) is 17.3 Å². The third kappa shape index (κ3) is 3.23. The average molecular weight is 345 g/mol. The SMILES string of the molecule is CCOC1(C(O)c2cc(Br)ccc2F)CCCC(C)C1. The van der Waals surface area contributed by atoms with Crippen LogP contribution in [0.3, 0.4) is 0 Å². The molecule has 0 spiro atoms. The van der Waals surface area contributed by atoms with E-state index >= 15 is 0 Å². The summed E-state index contributed by atoms with van der Waals surface area (Å²) >= 11 is 3.34. The number of benzene rings is 1. The Bertz CT molecular complexity index is 462. The number of ether oxygens (including phenoxy) is 1. The second-order valence-corrected chi connectivity index (χ2v) is 6.68. The predicted molar refractivity (Wildman–Crippen MR) is 81.0 cm³/mol. The topological polar surface area (TPSA) is 29.5 Å². The quantitative estimate of drug-likeness (QED) is 0.864. The summed E-state index contributed by atoms with van der Waals surface area (Å²) in [5.74, 6) is 0.109. The van der Waals surface area contributed by atoms with Crippen molar-refractivity contribution < 1.29 is 14.2 Å². The number of halogens is 2. The van der Waals surface area contributed by atoms with Crippen LogP contribution in [0.15, 0.2) is 22.7 Å². The largest absolute Gasteiger partial charge is 0.385 e. The molecule has 0 aliphatic heterocycles. The fourth-order valence-corrected chi connectivity index (χ4v) is 3.68. The van der Waals surface area contributed by atoms with E-state index in [4.69, 9.17) is 4.74 Å². The first-order valence-corrected chi connectivity index (χ1v) is 8.05. The molecule has 3 unspecified atom stereocenters. The van der Waals surface area contributed by atoms with Gasteiger partial charge in [-0.3, -0.25) is 0 Å². The molecule has 2 rings (SSSR count). The summed E-state index contributed by atoms with van der Waals surface area (Å²) in [5, 5.41) is 10.8. The summed E-state index contributed by atoms with van der Waals surface area (Å²) in [5.41, 5.74) is -0.337. The van der Waals surface area contributed by atoms with Crippen LogP contribution >= 0.6 is 15.9 Å². The van der Waals surface area contributed by atoms with E-state index in [1.165, 1.54) is 6.07 Å². The Hall–Kier alpha value is -0.450. The van der Waals surface area contributed by atoms with Gasteiger partial charge in [0, 0.05) is 16.6 Å². The van der Waals surface area contributed by atoms with Gasteiger partial charge in [0.2, 0.25) is 0 Å². The van der Waals surface area contributed by atoms with Gasteiger partial charge in [-0.15, -0.1) is 0 Å². The molecule has 1 aromatic rings. The monoisotopic (exact) mass is 344 g/mol. The minimum atomic E-state index is -0.928. The highest BCUT2D eigenvalue weighted by molar-refractivity contribution is 9.10. The molecule has 112 valence electrons. The third-order valence-corrected chi connectivity index (χ3v) is 4.67. The maximum absolute atomic E-state index is 14.0. The molecule has 0 radical (unpaired) electrons. The van der Waals surface area contributed by atoms with Gasteiger partial charge in [0.15, 0.2) is 0 Å². The molecule has 20 heavy (non-hydrogen) atoms. The predicted octanol–water partition coefficient (Wildman–Crippen LogP) is 4.61. The van der Waals surface area contributed by atoms with Crippen molar-refractivity contribution in [1.29, 1.82) is 0 Å². The van der Waals surface area contributed by atoms with Crippen LogP contribution in [0.25, 0.3) is 0 Å². The maximum atomic E-state index is 14.0. The van der Waals surface area contributed by atoms with E-state index in [0.717, 1.165) is 30.2 Å². The van der Waals surface area contributed by atoms with Crippen molar-refractivity contribution in [3.05, 3.63) is 34.1 Å². The van der Waals surface area contributed by atoms with Gasteiger partial charge < -0.3 is 9.84 Å². The van der Waals surface area contributed by atoms with Gasteiger partial charge in [0.05, 0.1) is 5.60 Å². The normalized spacial score (nSPS) is 28.4. The van der Waals surface area contributed by atoms with Crippen molar-refractivity contribution in [3.63, 3.8) is 0 Å². The minimum absolute atomic E-state index is 0.321. The van der Waals surface area contributed by atoms with Crippen molar-refractivity contribution in [2.24, 2.45) is 5.92 Å². The van der Waals surface area contributed by atoms with E-state index in [1.54, 1.807) is 12.1 Å². The van der Waals surface area contributed by atoms with Crippen molar-refractivity contribution in [1.82, 2.24) is 0 Å². The minimum Gasteiger partial charge on any atom is -0.385 e. The van der Waals surface area contributed by atoms with Crippen molar-refractivity contribution in [2.75, 3.05) is 6.61 Å². The summed E-state index contributed by atoms with van der Waals surface area (Å²) in [4.78, 5) is 0. The standard InChI is InChI=1S/C16H22BrFO2/c1-3-20-16(8-4-5-11(2)10-16)15(19)13-9-12(17)6-7-14(13)18/h6-7,9,11,15,19H,3-5,8,10H2,1-2H3. The van der Waals surface area contributed by atoms with Crippen molar-refractivity contribution in [2.45, 2.75) is 51.2 Å². The van der Waals surface area contributed by atoms with Crippen molar-refractivity contribution in [3.8, 4) is 0 Å². The molecule has 1 fully saturated rings. The van der Waals surface area contributed by atoms with Crippen LogP contribution in [0.2, 0.25) is 0 Å². The molecule has 1 aromatic carbocycles. The summed E-state index contributed by atoms with van der Waals surface area (Å²) < 4.78 is 20.7. The van der Waals surface area contributed by atoms with Gasteiger partial charge >= 0.3 is 0 Å². The lowest BCUT2D eigenvalue weighted by Gasteiger charge is -2.43. The summed E-state index contributed by atoms with van der Waals surface area (Å²) in [7, 11) is 0. The zero-order chi connectivity index (χ0) is 14.8. The second kappa shape index (κ2) is 6.54. The molecule has 0 heterocycles. The summed E-state index contributed by atoms with van der Waals surface area (Å²) in [6.45, 7) is 4.61. The molecule has 0 amide bonds. The van der Waals surface area contributed by atoms with Gasteiger partial charge in [-0.2, -0.15) is 0 Å². The zero-order valence-corrected chi connectivity index (χ0v) is 13.6. The molecule has 2 nitrogen and oxygen atoms in total. The van der Waals surface area contributed by atoms with Crippen molar-refractivity contribution >= 4 is 15.9 Å². The van der Waals surface area contributed by atoms with E-state index in [0.29, 0.717) is 18.1 Å². The number of hydrogen-bond acceptors (Lipinski definition) is 2. The molecular formula is C16H22BrFO2. The van der Waals surface area contributed by atoms with Crippen LogP contribution < -0.4 is 0 Å². The molecule has 1 saturated carbocycles. The van der Waals surface area contributed by atoms with Crippen LogP contribution in [0.1, 0.15) is 51.2 Å². The molecule has 1 aliphatic carbocycles. The zero-order valence-electron chi connectivity index (χ0n) is 12.0. The number of rotatable bonds is 4. The Balaban J connectivity index is 2.35. The first kappa shape index (κ1) is 15.9. The van der Waals surface area contributed by atoms with E-state index in [2.05, 4.69) is 22.9 Å². The Labute approximate surface area is 128 Å². The fourth-order valence-electron chi connectivity index (χ4n) is 3.30. The van der Waals surface area contributed by atoms with Crippen LogP contribution in [0.4, 0.5) is 4.39 Å². The Morgan fingerprint density at radius 3 is 2.95 bits per heavy atom. The number of hydrogen-bond donors (Lipinski definition) is 1. The van der Waals surface area contributed by atoms with Gasteiger partial charge in [0.25, 0.3) is 0 Å². The summed E-state index contributed by atoms with van der Waals surface area (Å²) in [6, 6.07) is 4.68. The Morgan fingerprint density at radius 2 is 2.30 bits per heavy atom. The van der Waals surface area contributed by atoms with E-state index in [9.17, 15) is 9.50 Å². The molecule has 4 heteroatoms. The van der Waals surface area contributed by atoms with E-state index < -0.39 is 11.7 Å². The maximum Gasteiger partial charge on any atom is 0.129 e. The number of aliphatic hydroxyl groups excluding tert-OH is 1. The smallest absolute Gasteiger partial charge is 0.129 e. The van der Waals surface area contributed by atoms with Crippen LogP contribution in [-0.2, 0) is 4.74 Å². The average Bonchev–Trinajstić information content (AvgIpc) is 2.41. The second-order valence-electron chi connectivity index (χ2n) is 5.77. The molecule has 0 aromatic heterocycles. The lowest BCUT2D eigenvalue weighted by molar-refractivity contribution is -0.150. The van der Waals surface area contributed by atoms with Crippen LogP contribution in [0, 0.1) is 11.7 Å². The lowest BCUT2D eigenvalue weighted by Crippen LogP contribution is -2.44. The van der Waals surface area contributed by atoms with Gasteiger partial charge in [-0.25, -0.2) is 4.39 Å². The van der Waals surface area contributed by atoms with Gasteiger partial charge in [-0.1, -0.05) is 35.7 Å². The molecule has 3 atom stereocenters. The highest BCUT2D eigenvalue weighted by Crippen LogP contribution is 2.44. The molecule has 1 N–H and O–H groups in total. The Kier molecular flexibility index (Phi) is 5.21. The molecule has 0 bridgehead atoms. The first-order valence-electron chi connectivity index (χ1n) is 7.25. The number of aliphatic hydroxyl groups is 1. The first-order chi connectivity index (χ1) is 9.48. The van der Waals surface area contributed by atoms with Crippen LogP contribution in [0.5, 0.6) is 0 Å². The highest BCUT2D eigenvalue weighted by atomic mass is 79.9. The fraction of sp³-hybridized carbons (Fsp3) is 0.625. The van der Waals surface area contributed by atoms with Gasteiger partial charge in [-0.05, 0) is 43.9 Å². The van der Waals surface area contributed by atoms with E-state index in [-0.39, 0.29) is 5.82 Å². The highest BCUT2D eigenvalue weighted by Gasteiger charge is 2.43.